The van der Waals surface area contributed by atoms with Crippen molar-refractivity contribution in [2.45, 2.75) is 26.9 Å². The van der Waals surface area contributed by atoms with E-state index in [1.54, 1.807) is 6.92 Å². The molecule has 0 N–H and O–H groups in total. The first-order valence-corrected chi connectivity index (χ1v) is 11.0. The van der Waals surface area contributed by atoms with Gasteiger partial charge in [-0.1, -0.05) is 6.07 Å². The van der Waals surface area contributed by atoms with Crippen molar-refractivity contribution in [3.05, 3.63) is 87.6 Å². The molecule has 0 saturated carbocycles. The van der Waals surface area contributed by atoms with Crippen LogP contribution in [-0.2, 0) is 17.8 Å². The van der Waals surface area contributed by atoms with Crippen LogP contribution in [0.4, 0.5) is 13.2 Å². The molecule has 1 saturated heterocycles. The summed E-state index contributed by atoms with van der Waals surface area (Å²) < 4.78 is 57.7. The molecule has 35 heavy (non-hydrogen) atoms. The van der Waals surface area contributed by atoms with Gasteiger partial charge in [0.15, 0.2) is 17.3 Å². The summed E-state index contributed by atoms with van der Waals surface area (Å²) in [5.41, 5.74) is 0.602. The zero-order chi connectivity index (χ0) is 24.7. The standard InChI is InChI=1S/C24H22F3N5O3/c1-14-23(15(2)31(29-14)9-16-11-34-12-16)35-22-7-6-17(8-21(22)27)32-24(33)30(13-28-32)10-18-19(25)4-3-5-20(18)26/h3-8,13,16H,9-12H2,1-2H3. The maximum Gasteiger partial charge on any atom is 0.350 e. The van der Waals surface area contributed by atoms with Crippen LogP contribution in [-0.4, -0.2) is 37.3 Å². The zero-order valence-corrected chi connectivity index (χ0v) is 19.0. The van der Waals surface area contributed by atoms with Crippen molar-refractivity contribution in [1.82, 2.24) is 24.1 Å². The van der Waals surface area contributed by atoms with Crippen LogP contribution in [0.3, 0.4) is 0 Å². The molecule has 0 atom stereocenters. The Hall–Kier alpha value is -3.86. The molecule has 4 aromatic rings. The largest absolute Gasteiger partial charge is 0.450 e. The Kier molecular flexibility index (Phi) is 5.93. The Morgan fingerprint density at radius 2 is 1.83 bits per heavy atom. The minimum Gasteiger partial charge on any atom is -0.450 e. The fraction of sp³-hybridized carbons (Fsp3) is 0.292. The molecular weight excluding hydrogens is 463 g/mol. The van der Waals surface area contributed by atoms with Gasteiger partial charge in [0.25, 0.3) is 0 Å². The number of hydrogen-bond acceptors (Lipinski definition) is 5. The second-order valence-corrected chi connectivity index (χ2v) is 8.46. The van der Waals surface area contributed by atoms with Crippen molar-refractivity contribution in [3.8, 4) is 17.2 Å². The first kappa shape index (κ1) is 22.9. The molecule has 1 fully saturated rings. The molecule has 11 heteroatoms. The zero-order valence-electron chi connectivity index (χ0n) is 19.0. The van der Waals surface area contributed by atoms with Gasteiger partial charge in [-0.05, 0) is 38.1 Å². The average Bonchev–Trinajstić information content (AvgIpc) is 3.28. The molecule has 3 heterocycles. The molecule has 0 aliphatic carbocycles. The van der Waals surface area contributed by atoms with Crippen molar-refractivity contribution in [3.63, 3.8) is 0 Å². The number of benzene rings is 2. The van der Waals surface area contributed by atoms with Crippen LogP contribution < -0.4 is 10.4 Å². The number of halogens is 3. The fourth-order valence-corrected chi connectivity index (χ4v) is 3.93. The molecule has 0 amide bonds. The Balaban J connectivity index is 1.37. The van der Waals surface area contributed by atoms with Crippen LogP contribution in [0.5, 0.6) is 11.5 Å². The highest BCUT2D eigenvalue weighted by molar-refractivity contribution is 5.42. The second-order valence-electron chi connectivity index (χ2n) is 8.46. The van der Waals surface area contributed by atoms with Gasteiger partial charge in [0.05, 0.1) is 31.1 Å². The summed E-state index contributed by atoms with van der Waals surface area (Å²) >= 11 is 0. The lowest BCUT2D eigenvalue weighted by atomic mass is 10.1. The maximum atomic E-state index is 14.9. The molecule has 0 bridgehead atoms. The van der Waals surface area contributed by atoms with E-state index >= 15 is 0 Å². The molecule has 2 aromatic carbocycles. The van der Waals surface area contributed by atoms with Crippen LogP contribution in [0.2, 0.25) is 0 Å². The van der Waals surface area contributed by atoms with Crippen molar-refractivity contribution in [2.75, 3.05) is 13.2 Å². The summed E-state index contributed by atoms with van der Waals surface area (Å²) in [5.74, 6) is -1.43. The molecule has 1 aliphatic rings. The molecule has 0 radical (unpaired) electrons. The molecule has 0 spiro atoms. The Morgan fingerprint density at radius 1 is 1.09 bits per heavy atom. The highest BCUT2D eigenvalue weighted by Crippen LogP contribution is 2.31. The van der Waals surface area contributed by atoms with E-state index in [2.05, 4.69) is 10.2 Å². The quantitative estimate of drug-likeness (QED) is 0.399. The second kappa shape index (κ2) is 9.06. The van der Waals surface area contributed by atoms with Gasteiger partial charge in [-0.25, -0.2) is 18.0 Å². The van der Waals surface area contributed by atoms with Gasteiger partial charge in [-0.15, -0.1) is 0 Å². The van der Waals surface area contributed by atoms with Crippen molar-refractivity contribution < 1.29 is 22.6 Å². The smallest absolute Gasteiger partial charge is 0.350 e. The van der Waals surface area contributed by atoms with Gasteiger partial charge in [0, 0.05) is 24.1 Å². The van der Waals surface area contributed by atoms with Crippen molar-refractivity contribution in [1.29, 1.82) is 0 Å². The molecule has 5 rings (SSSR count). The highest BCUT2D eigenvalue weighted by atomic mass is 19.1. The van der Waals surface area contributed by atoms with E-state index in [0.29, 0.717) is 37.1 Å². The maximum absolute atomic E-state index is 14.9. The number of ether oxygens (including phenoxy) is 2. The lowest BCUT2D eigenvalue weighted by Gasteiger charge is -2.26. The molecule has 1 aliphatic heterocycles. The third kappa shape index (κ3) is 4.34. The van der Waals surface area contributed by atoms with Gasteiger partial charge in [-0.2, -0.15) is 14.9 Å². The van der Waals surface area contributed by atoms with Gasteiger partial charge >= 0.3 is 5.69 Å². The van der Waals surface area contributed by atoms with E-state index in [-0.39, 0.29) is 23.5 Å². The first-order valence-electron chi connectivity index (χ1n) is 11.0. The van der Waals surface area contributed by atoms with Gasteiger partial charge in [-0.3, -0.25) is 9.25 Å². The van der Waals surface area contributed by atoms with Gasteiger partial charge in [0.1, 0.15) is 23.7 Å². The van der Waals surface area contributed by atoms with Crippen molar-refractivity contribution >= 4 is 0 Å². The minimum absolute atomic E-state index is 0.0348. The SMILES string of the molecule is Cc1nn(CC2COC2)c(C)c1Oc1ccc(-n2ncn(Cc3c(F)cccc3F)c2=O)cc1F. The summed E-state index contributed by atoms with van der Waals surface area (Å²) in [7, 11) is 0. The molecule has 182 valence electrons. The minimum atomic E-state index is -0.771. The van der Waals surface area contributed by atoms with Crippen LogP contribution in [0.25, 0.3) is 5.69 Å². The van der Waals surface area contributed by atoms with E-state index in [1.807, 2.05) is 11.6 Å². The predicted molar refractivity (Wildman–Crippen MR) is 119 cm³/mol. The average molecular weight is 485 g/mol. The van der Waals surface area contributed by atoms with E-state index in [4.69, 9.17) is 9.47 Å². The Morgan fingerprint density at radius 3 is 2.49 bits per heavy atom. The lowest BCUT2D eigenvalue weighted by Crippen LogP contribution is -2.32. The summed E-state index contributed by atoms with van der Waals surface area (Å²) in [6, 6.07) is 7.43. The van der Waals surface area contributed by atoms with E-state index in [9.17, 15) is 18.0 Å². The van der Waals surface area contributed by atoms with E-state index < -0.39 is 23.1 Å². The van der Waals surface area contributed by atoms with Crippen LogP contribution in [0.15, 0.2) is 47.5 Å². The number of aryl methyl sites for hydroxylation is 1. The third-order valence-electron chi connectivity index (χ3n) is 5.95. The molecule has 2 aromatic heterocycles. The Labute approximate surface area is 198 Å². The third-order valence-corrected chi connectivity index (χ3v) is 5.95. The van der Waals surface area contributed by atoms with E-state index in [1.165, 1.54) is 18.2 Å². The van der Waals surface area contributed by atoms with Gasteiger partial charge < -0.3 is 9.47 Å². The van der Waals surface area contributed by atoms with Crippen LogP contribution >= 0.6 is 0 Å². The Bertz CT molecular complexity index is 1440. The number of rotatable bonds is 7. The highest BCUT2D eigenvalue weighted by Gasteiger charge is 2.23. The molecule has 8 nitrogen and oxygen atoms in total. The summed E-state index contributed by atoms with van der Waals surface area (Å²) in [6.45, 7) is 5.36. The van der Waals surface area contributed by atoms with Crippen molar-refractivity contribution in [2.24, 2.45) is 5.92 Å². The molecule has 0 unspecified atom stereocenters. The number of aromatic nitrogens is 5. The normalized spacial score (nSPS) is 13.7. The summed E-state index contributed by atoms with van der Waals surface area (Å²) in [5, 5.41) is 8.45. The topological polar surface area (TPSA) is 76.1 Å². The predicted octanol–water partition coefficient (Wildman–Crippen LogP) is 3.75. The van der Waals surface area contributed by atoms with E-state index in [0.717, 1.165) is 39.5 Å². The summed E-state index contributed by atoms with van der Waals surface area (Å²) in [6.07, 6.45) is 1.14. The lowest BCUT2D eigenvalue weighted by molar-refractivity contribution is -0.0411. The number of nitrogens with zero attached hydrogens (tertiary/aromatic N) is 5. The number of hydrogen-bond donors (Lipinski definition) is 0. The molecular formula is C24H22F3N5O3. The van der Waals surface area contributed by atoms with Crippen LogP contribution in [0, 0.1) is 37.2 Å². The monoisotopic (exact) mass is 485 g/mol. The summed E-state index contributed by atoms with van der Waals surface area (Å²) in [4.78, 5) is 12.7. The fourth-order valence-electron chi connectivity index (χ4n) is 3.93. The first-order chi connectivity index (χ1) is 16.8. The van der Waals surface area contributed by atoms with Gasteiger partial charge in [0.2, 0.25) is 0 Å². The van der Waals surface area contributed by atoms with Crippen LogP contribution in [0.1, 0.15) is 17.0 Å².